The standard InChI is InChI=1S/C18H20Cl2N2O2/c1-12-7-8-16(23-11-13-4-3-9-21-10-13)18(22-12)24-17-14(19)5-2-6-15(17)20/h2,5-8,13,21H,3-4,9-11H2,1H3. The number of halogens is 2. The van der Waals surface area contributed by atoms with Gasteiger partial charge in [0.2, 0.25) is 0 Å². The third-order valence-electron chi connectivity index (χ3n) is 3.96. The second-order valence-corrected chi connectivity index (χ2v) is 6.75. The molecule has 0 spiro atoms. The summed E-state index contributed by atoms with van der Waals surface area (Å²) in [5, 5.41) is 4.26. The summed E-state index contributed by atoms with van der Waals surface area (Å²) >= 11 is 12.4. The summed E-state index contributed by atoms with van der Waals surface area (Å²) in [5.74, 6) is 1.87. The third kappa shape index (κ3) is 4.32. The Morgan fingerprint density at radius 3 is 2.71 bits per heavy atom. The van der Waals surface area contributed by atoms with E-state index in [1.165, 1.54) is 12.8 Å². The number of aryl methyl sites for hydroxylation is 1. The predicted octanol–water partition coefficient (Wildman–Crippen LogP) is 4.87. The van der Waals surface area contributed by atoms with E-state index in [9.17, 15) is 0 Å². The molecule has 0 radical (unpaired) electrons. The number of hydrogen-bond acceptors (Lipinski definition) is 4. The lowest BCUT2D eigenvalue weighted by molar-refractivity contribution is 0.211. The van der Waals surface area contributed by atoms with Crippen molar-refractivity contribution in [2.75, 3.05) is 19.7 Å². The Morgan fingerprint density at radius 1 is 1.21 bits per heavy atom. The number of piperidine rings is 1. The highest BCUT2D eigenvalue weighted by molar-refractivity contribution is 6.37. The van der Waals surface area contributed by atoms with Crippen LogP contribution >= 0.6 is 23.2 Å². The molecule has 1 fully saturated rings. The summed E-state index contributed by atoms with van der Waals surface area (Å²) in [6.45, 7) is 4.59. The van der Waals surface area contributed by atoms with Gasteiger partial charge in [0.25, 0.3) is 5.88 Å². The van der Waals surface area contributed by atoms with E-state index in [0.29, 0.717) is 39.9 Å². The number of pyridine rings is 1. The van der Waals surface area contributed by atoms with Gasteiger partial charge < -0.3 is 14.8 Å². The minimum Gasteiger partial charge on any atom is -0.488 e. The molecule has 1 unspecified atom stereocenters. The number of rotatable bonds is 5. The number of benzene rings is 1. The van der Waals surface area contributed by atoms with Crippen molar-refractivity contribution in [3.63, 3.8) is 0 Å². The van der Waals surface area contributed by atoms with Gasteiger partial charge in [-0.05, 0) is 50.6 Å². The van der Waals surface area contributed by atoms with Crippen LogP contribution in [0.25, 0.3) is 0 Å². The summed E-state index contributed by atoms with van der Waals surface area (Å²) in [6.07, 6.45) is 2.34. The van der Waals surface area contributed by atoms with Gasteiger partial charge in [0.05, 0.1) is 16.7 Å². The summed E-state index contributed by atoms with van der Waals surface area (Å²) in [6, 6.07) is 9.00. The first kappa shape index (κ1) is 17.3. The lowest BCUT2D eigenvalue weighted by Gasteiger charge is -2.23. The zero-order valence-corrected chi connectivity index (χ0v) is 15.0. The summed E-state index contributed by atoms with van der Waals surface area (Å²) < 4.78 is 11.8. The van der Waals surface area contributed by atoms with Gasteiger partial charge in [0.15, 0.2) is 11.5 Å². The molecule has 0 aliphatic carbocycles. The normalized spacial score (nSPS) is 17.5. The van der Waals surface area contributed by atoms with Crippen molar-refractivity contribution in [3.8, 4) is 17.4 Å². The molecule has 1 saturated heterocycles. The summed E-state index contributed by atoms with van der Waals surface area (Å²) in [7, 11) is 0. The Labute approximate surface area is 152 Å². The van der Waals surface area contributed by atoms with Crippen molar-refractivity contribution in [2.45, 2.75) is 19.8 Å². The van der Waals surface area contributed by atoms with Crippen LogP contribution in [0.15, 0.2) is 30.3 Å². The van der Waals surface area contributed by atoms with Crippen LogP contribution in [0.3, 0.4) is 0 Å². The molecule has 1 aromatic heterocycles. The first-order chi connectivity index (χ1) is 11.6. The van der Waals surface area contributed by atoms with Crippen LogP contribution in [0, 0.1) is 12.8 Å². The van der Waals surface area contributed by atoms with E-state index in [1.54, 1.807) is 18.2 Å². The molecule has 1 N–H and O–H groups in total. The van der Waals surface area contributed by atoms with Gasteiger partial charge in [-0.15, -0.1) is 0 Å². The second-order valence-electron chi connectivity index (χ2n) is 5.93. The molecule has 1 aliphatic rings. The Bertz CT molecular complexity index is 683. The van der Waals surface area contributed by atoms with Gasteiger partial charge in [0.1, 0.15) is 0 Å². The maximum Gasteiger partial charge on any atom is 0.262 e. The summed E-state index contributed by atoms with van der Waals surface area (Å²) in [4.78, 5) is 4.43. The topological polar surface area (TPSA) is 43.4 Å². The average molecular weight is 367 g/mol. The summed E-state index contributed by atoms with van der Waals surface area (Å²) in [5.41, 5.74) is 0.833. The Morgan fingerprint density at radius 2 is 2.00 bits per heavy atom. The van der Waals surface area contributed by atoms with Crippen LogP contribution in [-0.2, 0) is 0 Å². The Kier molecular flexibility index (Phi) is 5.82. The van der Waals surface area contributed by atoms with Crippen molar-refractivity contribution in [1.29, 1.82) is 0 Å². The molecule has 1 aromatic carbocycles. The molecule has 0 saturated carbocycles. The van der Waals surface area contributed by atoms with E-state index in [1.807, 2.05) is 19.1 Å². The average Bonchev–Trinajstić information content (AvgIpc) is 2.58. The van der Waals surface area contributed by atoms with Crippen LogP contribution in [0.4, 0.5) is 0 Å². The van der Waals surface area contributed by atoms with Crippen LogP contribution in [0.5, 0.6) is 17.4 Å². The van der Waals surface area contributed by atoms with E-state index in [-0.39, 0.29) is 0 Å². The van der Waals surface area contributed by atoms with Crippen LogP contribution in [-0.4, -0.2) is 24.7 Å². The molecule has 2 heterocycles. The minimum absolute atomic E-state index is 0.383. The van der Waals surface area contributed by atoms with Gasteiger partial charge in [-0.2, -0.15) is 0 Å². The zero-order valence-electron chi connectivity index (χ0n) is 13.5. The number of nitrogens with one attached hydrogen (secondary N) is 1. The number of hydrogen-bond donors (Lipinski definition) is 1. The quantitative estimate of drug-likeness (QED) is 0.819. The molecule has 1 atom stereocenters. The molecule has 3 rings (SSSR count). The van der Waals surface area contributed by atoms with E-state index in [0.717, 1.165) is 18.8 Å². The molecule has 0 bridgehead atoms. The molecule has 24 heavy (non-hydrogen) atoms. The fourth-order valence-corrected chi connectivity index (χ4v) is 3.13. The second kappa shape index (κ2) is 8.06. The largest absolute Gasteiger partial charge is 0.488 e. The van der Waals surface area contributed by atoms with Crippen molar-refractivity contribution in [1.82, 2.24) is 10.3 Å². The van der Waals surface area contributed by atoms with Crippen molar-refractivity contribution >= 4 is 23.2 Å². The van der Waals surface area contributed by atoms with Crippen LogP contribution < -0.4 is 14.8 Å². The number of nitrogens with zero attached hydrogens (tertiary/aromatic N) is 1. The van der Waals surface area contributed by atoms with Gasteiger partial charge >= 0.3 is 0 Å². The lowest BCUT2D eigenvalue weighted by Crippen LogP contribution is -2.33. The molecule has 6 heteroatoms. The van der Waals surface area contributed by atoms with E-state index < -0.39 is 0 Å². The predicted molar refractivity (Wildman–Crippen MR) is 96.6 cm³/mol. The first-order valence-corrected chi connectivity index (χ1v) is 8.82. The molecule has 4 nitrogen and oxygen atoms in total. The van der Waals surface area contributed by atoms with Crippen LogP contribution in [0.2, 0.25) is 10.0 Å². The van der Waals surface area contributed by atoms with Gasteiger partial charge in [-0.3, -0.25) is 0 Å². The van der Waals surface area contributed by atoms with Crippen LogP contribution in [0.1, 0.15) is 18.5 Å². The van der Waals surface area contributed by atoms with E-state index in [4.69, 9.17) is 32.7 Å². The Balaban J connectivity index is 1.77. The fourth-order valence-electron chi connectivity index (χ4n) is 2.65. The smallest absolute Gasteiger partial charge is 0.262 e. The fraction of sp³-hybridized carbons (Fsp3) is 0.389. The number of ether oxygens (including phenoxy) is 2. The van der Waals surface area contributed by atoms with Crippen molar-refractivity contribution in [3.05, 3.63) is 46.1 Å². The first-order valence-electron chi connectivity index (χ1n) is 8.06. The highest BCUT2D eigenvalue weighted by Gasteiger charge is 2.17. The molecular formula is C18H20Cl2N2O2. The highest BCUT2D eigenvalue weighted by atomic mass is 35.5. The maximum atomic E-state index is 6.18. The Hall–Kier alpha value is -1.49. The molecular weight excluding hydrogens is 347 g/mol. The maximum absolute atomic E-state index is 6.18. The molecule has 1 aliphatic heterocycles. The van der Waals surface area contributed by atoms with Crippen molar-refractivity contribution in [2.24, 2.45) is 5.92 Å². The zero-order chi connectivity index (χ0) is 16.9. The molecule has 2 aromatic rings. The molecule has 128 valence electrons. The van der Waals surface area contributed by atoms with E-state index >= 15 is 0 Å². The van der Waals surface area contributed by atoms with Gasteiger partial charge in [-0.1, -0.05) is 29.3 Å². The van der Waals surface area contributed by atoms with Gasteiger partial charge in [-0.25, -0.2) is 4.98 Å². The highest BCUT2D eigenvalue weighted by Crippen LogP contribution is 2.38. The number of para-hydroxylation sites is 1. The molecule has 0 amide bonds. The SMILES string of the molecule is Cc1ccc(OCC2CCCNC2)c(Oc2c(Cl)cccc2Cl)n1. The van der Waals surface area contributed by atoms with Crippen molar-refractivity contribution < 1.29 is 9.47 Å². The van der Waals surface area contributed by atoms with Gasteiger partial charge in [0, 0.05) is 18.2 Å². The number of aromatic nitrogens is 1. The third-order valence-corrected chi connectivity index (χ3v) is 4.55. The lowest BCUT2D eigenvalue weighted by atomic mass is 10.0. The minimum atomic E-state index is 0.383. The monoisotopic (exact) mass is 366 g/mol. The van der Waals surface area contributed by atoms with E-state index in [2.05, 4.69) is 10.3 Å².